The van der Waals surface area contributed by atoms with Crippen molar-refractivity contribution < 1.29 is 17.2 Å². The van der Waals surface area contributed by atoms with Crippen LogP contribution in [0, 0.1) is 5.82 Å². The van der Waals surface area contributed by atoms with Gasteiger partial charge in [0, 0.05) is 12.2 Å². The minimum atomic E-state index is -3.88. The highest BCUT2D eigenvalue weighted by Gasteiger charge is 2.23. The van der Waals surface area contributed by atoms with Crippen LogP contribution >= 0.6 is 0 Å². The molecule has 0 radical (unpaired) electrons. The van der Waals surface area contributed by atoms with Crippen molar-refractivity contribution in [1.29, 1.82) is 0 Å². The molecule has 3 aromatic rings. The number of oxazole rings is 1. The van der Waals surface area contributed by atoms with Gasteiger partial charge in [0.15, 0.2) is 12.2 Å². The SMILES string of the molecule is CCCN1CC[C@@H](c2ccc(NS(=O)(=O)c3ccc(F)c(-c4cnco4)c3)cc2)C1. The Morgan fingerprint density at radius 2 is 2.03 bits per heavy atom. The van der Waals surface area contributed by atoms with Gasteiger partial charge in [-0.2, -0.15) is 0 Å². The molecule has 0 amide bonds. The van der Waals surface area contributed by atoms with Crippen LogP contribution in [0.4, 0.5) is 10.1 Å². The first kappa shape index (κ1) is 20.6. The fourth-order valence-electron chi connectivity index (χ4n) is 3.87. The minimum absolute atomic E-state index is 0.0450. The molecule has 8 heteroatoms. The van der Waals surface area contributed by atoms with E-state index in [4.69, 9.17) is 4.42 Å². The van der Waals surface area contributed by atoms with Gasteiger partial charge in [-0.1, -0.05) is 19.1 Å². The Balaban J connectivity index is 1.49. The summed E-state index contributed by atoms with van der Waals surface area (Å²) >= 11 is 0. The number of anilines is 1. The summed E-state index contributed by atoms with van der Waals surface area (Å²) < 4.78 is 47.4. The lowest BCUT2D eigenvalue weighted by Gasteiger charge is -2.15. The Labute approximate surface area is 175 Å². The lowest BCUT2D eigenvalue weighted by atomic mass is 9.98. The molecule has 1 atom stereocenters. The third-order valence-electron chi connectivity index (χ3n) is 5.39. The number of aromatic nitrogens is 1. The van der Waals surface area contributed by atoms with Crippen LogP contribution in [0.25, 0.3) is 11.3 Å². The van der Waals surface area contributed by atoms with Gasteiger partial charge in [0.1, 0.15) is 5.82 Å². The summed E-state index contributed by atoms with van der Waals surface area (Å²) in [6.45, 7) is 5.44. The zero-order chi connectivity index (χ0) is 21.1. The van der Waals surface area contributed by atoms with Crippen molar-refractivity contribution in [1.82, 2.24) is 9.88 Å². The van der Waals surface area contributed by atoms with Gasteiger partial charge < -0.3 is 9.32 Å². The Morgan fingerprint density at radius 1 is 1.23 bits per heavy atom. The van der Waals surface area contributed by atoms with Crippen LogP contribution in [0.15, 0.2) is 64.4 Å². The summed E-state index contributed by atoms with van der Waals surface area (Å²) in [4.78, 5) is 6.16. The number of nitrogens with one attached hydrogen (secondary N) is 1. The second-order valence-electron chi connectivity index (χ2n) is 7.52. The fraction of sp³-hybridized carbons (Fsp3) is 0.318. The van der Waals surface area contributed by atoms with Crippen LogP contribution in [-0.2, 0) is 10.0 Å². The van der Waals surface area contributed by atoms with Crippen LogP contribution in [0.1, 0.15) is 31.2 Å². The number of halogens is 1. The van der Waals surface area contributed by atoms with Crippen molar-refractivity contribution in [3.8, 4) is 11.3 Å². The van der Waals surface area contributed by atoms with Gasteiger partial charge in [-0.05, 0) is 67.7 Å². The Morgan fingerprint density at radius 3 is 2.73 bits per heavy atom. The number of rotatable bonds is 7. The zero-order valence-corrected chi connectivity index (χ0v) is 17.5. The number of sulfonamides is 1. The van der Waals surface area contributed by atoms with E-state index >= 15 is 0 Å². The summed E-state index contributed by atoms with van der Waals surface area (Å²) in [7, 11) is -3.88. The van der Waals surface area contributed by atoms with Crippen molar-refractivity contribution in [3.63, 3.8) is 0 Å². The van der Waals surface area contributed by atoms with E-state index < -0.39 is 15.8 Å². The number of hydrogen-bond donors (Lipinski definition) is 1. The lowest BCUT2D eigenvalue weighted by Crippen LogP contribution is -2.20. The molecule has 2 heterocycles. The molecule has 6 nitrogen and oxygen atoms in total. The third kappa shape index (κ3) is 4.39. The van der Waals surface area contributed by atoms with E-state index in [0.717, 1.165) is 38.5 Å². The van der Waals surface area contributed by atoms with Crippen molar-refractivity contribution in [2.45, 2.75) is 30.6 Å². The van der Waals surface area contributed by atoms with Gasteiger partial charge >= 0.3 is 0 Å². The van der Waals surface area contributed by atoms with E-state index in [0.29, 0.717) is 11.6 Å². The van der Waals surface area contributed by atoms with E-state index in [1.807, 2.05) is 12.1 Å². The molecule has 1 saturated heterocycles. The summed E-state index contributed by atoms with van der Waals surface area (Å²) in [5, 5.41) is 0. The maximum Gasteiger partial charge on any atom is 0.261 e. The van der Waals surface area contributed by atoms with E-state index in [1.165, 1.54) is 30.3 Å². The minimum Gasteiger partial charge on any atom is -0.443 e. The first-order valence-corrected chi connectivity index (χ1v) is 11.5. The van der Waals surface area contributed by atoms with Gasteiger partial charge in [-0.3, -0.25) is 4.72 Å². The van der Waals surface area contributed by atoms with Crippen molar-refractivity contribution in [3.05, 3.63) is 66.4 Å². The average Bonchev–Trinajstić information content (AvgIpc) is 3.41. The monoisotopic (exact) mass is 429 g/mol. The third-order valence-corrected chi connectivity index (χ3v) is 6.77. The topological polar surface area (TPSA) is 75.4 Å². The summed E-state index contributed by atoms with van der Waals surface area (Å²) in [5.41, 5.74) is 1.72. The molecule has 2 aromatic carbocycles. The van der Waals surface area contributed by atoms with Crippen molar-refractivity contribution >= 4 is 15.7 Å². The van der Waals surface area contributed by atoms with Gasteiger partial charge in [0.2, 0.25) is 0 Å². The first-order chi connectivity index (χ1) is 14.5. The number of benzene rings is 2. The number of hydrogen-bond acceptors (Lipinski definition) is 5. The second-order valence-corrected chi connectivity index (χ2v) is 9.20. The highest BCUT2D eigenvalue weighted by atomic mass is 32.2. The predicted octanol–water partition coefficient (Wildman–Crippen LogP) is 4.48. The summed E-state index contributed by atoms with van der Waals surface area (Å²) in [6.07, 6.45) is 4.77. The molecule has 1 aliphatic rings. The number of nitrogens with zero attached hydrogens (tertiary/aromatic N) is 2. The van der Waals surface area contributed by atoms with Gasteiger partial charge in [-0.15, -0.1) is 0 Å². The van der Waals surface area contributed by atoms with E-state index in [9.17, 15) is 12.8 Å². The standard InChI is InChI=1S/C22H24FN3O3S/c1-2-10-26-11-9-17(14-26)16-3-5-18(6-4-16)25-30(27,28)19-7-8-21(23)20(12-19)22-13-24-15-29-22/h3-8,12-13,15,17,25H,2,9-11,14H2,1H3/t17-/m1/s1. The van der Waals surface area contributed by atoms with Gasteiger partial charge in [0.05, 0.1) is 16.7 Å². The van der Waals surface area contributed by atoms with E-state index in [-0.39, 0.29) is 16.2 Å². The molecule has 1 aromatic heterocycles. The van der Waals surface area contributed by atoms with Crippen LogP contribution < -0.4 is 4.72 Å². The normalized spacial score (nSPS) is 17.3. The highest BCUT2D eigenvalue weighted by Crippen LogP contribution is 2.29. The smallest absolute Gasteiger partial charge is 0.261 e. The van der Waals surface area contributed by atoms with Crippen LogP contribution in [0.3, 0.4) is 0 Å². The van der Waals surface area contributed by atoms with E-state index in [2.05, 4.69) is 21.5 Å². The van der Waals surface area contributed by atoms with Crippen molar-refractivity contribution in [2.24, 2.45) is 0 Å². The average molecular weight is 430 g/mol. The molecule has 0 saturated carbocycles. The molecule has 1 fully saturated rings. The van der Waals surface area contributed by atoms with Crippen LogP contribution in [0.2, 0.25) is 0 Å². The molecule has 30 heavy (non-hydrogen) atoms. The summed E-state index contributed by atoms with van der Waals surface area (Å²) in [5.74, 6) is 0.0649. The van der Waals surface area contributed by atoms with E-state index in [1.54, 1.807) is 12.1 Å². The highest BCUT2D eigenvalue weighted by molar-refractivity contribution is 7.92. The molecule has 0 bridgehead atoms. The fourth-order valence-corrected chi connectivity index (χ4v) is 4.96. The molecular weight excluding hydrogens is 405 g/mol. The molecule has 1 aliphatic heterocycles. The Hall–Kier alpha value is -2.71. The maximum atomic E-state index is 14.1. The second kappa shape index (κ2) is 8.57. The molecule has 158 valence electrons. The largest absolute Gasteiger partial charge is 0.443 e. The van der Waals surface area contributed by atoms with Gasteiger partial charge in [0.25, 0.3) is 10.0 Å². The first-order valence-electron chi connectivity index (χ1n) is 10.00. The maximum absolute atomic E-state index is 14.1. The molecule has 0 spiro atoms. The summed E-state index contributed by atoms with van der Waals surface area (Å²) in [6, 6.07) is 11.1. The Kier molecular flexibility index (Phi) is 5.87. The molecular formula is C22H24FN3O3S. The Bertz CT molecular complexity index is 1100. The molecule has 4 rings (SSSR count). The molecule has 1 N–H and O–H groups in total. The molecule has 0 unspecified atom stereocenters. The van der Waals surface area contributed by atoms with Gasteiger partial charge in [-0.25, -0.2) is 17.8 Å². The van der Waals surface area contributed by atoms with Crippen LogP contribution in [-0.4, -0.2) is 37.9 Å². The molecule has 0 aliphatic carbocycles. The number of likely N-dealkylation sites (tertiary alicyclic amines) is 1. The zero-order valence-electron chi connectivity index (χ0n) is 16.7. The van der Waals surface area contributed by atoms with Crippen molar-refractivity contribution in [2.75, 3.05) is 24.4 Å². The van der Waals surface area contributed by atoms with Crippen LogP contribution in [0.5, 0.6) is 0 Å². The predicted molar refractivity (Wildman–Crippen MR) is 113 cm³/mol. The quantitative estimate of drug-likeness (QED) is 0.599. The lowest BCUT2D eigenvalue weighted by molar-refractivity contribution is 0.335.